The smallest absolute Gasteiger partial charge is 0.123 e. The first kappa shape index (κ1) is 13.5. The fourth-order valence-electron chi connectivity index (χ4n) is 2.64. The van der Waals surface area contributed by atoms with Crippen LogP contribution in [-0.2, 0) is 0 Å². The van der Waals surface area contributed by atoms with E-state index in [0.29, 0.717) is 6.04 Å². The fraction of sp³-hybridized carbons (Fsp3) is 0.600. The monoisotopic (exact) mass is 250 g/mol. The van der Waals surface area contributed by atoms with E-state index in [2.05, 4.69) is 17.1 Å². The second kappa shape index (κ2) is 6.86. The number of hydrogen-bond acceptors (Lipinski definition) is 2. The second-order valence-electron chi connectivity index (χ2n) is 5.00. The summed E-state index contributed by atoms with van der Waals surface area (Å²) in [7, 11) is 0. The topological polar surface area (TPSA) is 15.3 Å². The summed E-state index contributed by atoms with van der Waals surface area (Å²) in [6.45, 7) is 6.52. The largest absolute Gasteiger partial charge is 0.314 e. The van der Waals surface area contributed by atoms with Gasteiger partial charge in [0.1, 0.15) is 5.82 Å². The van der Waals surface area contributed by atoms with Crippen molar-refractivity contribution in [3.8, 4) is 0 Å². The minimum Gasteiger partial charge on any atom is -0.314 e. The van der Waals surface area contributed by atoms with E-state index in [1.807, 2.05) is 12.1 Å². The van der Waals surface area contributed by atoms with Gasteiger partial charge in [0, 0.05) is 32.2 Å². The van der Waals surface area contributed by atoms with Crippen molar-refractivity contribution in [3.63, 3.8) is 0 Å². The van der Waals surface area contributed by atoms with Crippen LogP contribution in [0.3, 0.4) is 0 Å². The molecule has 1 saturated heterocycles. The molecule has 3 heteroatoms. The number of unbranched alkanes of at least 4 members (excludes halogenated alkanes) is 1. The van der Waals surface area contributed by atoms with Crippen molar-refractivity contribution in [3.05, 3.63) is 35.6 Å². The first-order valence-corrected chi connectivity index (χ1v) is 7.01. The van der Waals surface area contributed by atoms with Crippen LogP contribution in [0.15, 0.2) is 24.3 Å². The Morgan fingerprint density at radius 3 is 2.50 bits per heavy atom. The number of halogens is 1. The predicted octanol–water partition coefficient (Wildman–Crippen LogP) is 2.96. The zero-order valence-corrected chi connectivity index (χ0v) is 11.2. The van der Waals surface area contributed by atoms with Crippen molar-refractivity contribution in [2.75, 3.05) is 26.2 Å². The van der Waals surface area contributed by atoms with E-state index in [0.717, 1.165) is 26.2 Å². The summed E-state index contributed by atoms with van der Waals surface area (Å²) in [6, 6.07) is 7.50. The van der Waals surface area contributed by atoms with Gasteiger partial charge in [0.05, 0.1) is 0 Å². The zero-order valence-electron chi connectivity index (χ0n) is 11.2. The molecule has 0 saturated carbocycles. The molecule has 1 atom stereocenters. The summed E-state index contributed by atoms with van der Waals surface area (Å²) in [4.78, 5) is 2.53. The standard InChI is InChI=1S/C15H23FN2/c1-2-3-4-15(18-11-9-17-10-12-18)13-5-7-14(16)8-6-13/h5-8,15,17H,2-4,9-12H2,1H3/t15-/m1/s1. The molecule has 100 valence electrons. The quantitative estimate of drug-likeness (QED) is 0.864. The van der Waals surface area contributed by atoms with Gasteiger partial charge in [-0.25, -0.2) is 4.39 Å². The molecule has 1 aromatic carbocycles. The minimum absolute atomic E-state index is 0.145. The van der Waals surface area contributed by atoms with Crippen LogP contribution in [0.5, 0.6) is 0 Å². The Balaban J connectivity index is 2.10. The van der Waals surface area contributed by atoms with Gasteiger partial charge in [-0.2, -0.15) is 0 Å². The number of rotatable bonds is 5. The normalized spacial score (nSPS) is 18.8. The highest BCUT2D eigenvalue weighted by Gasteiger charge is 2.21. The summed E-state index contributed by atoms with van der Waals surface area (Å²) >= 11 is 0. The third kappa shape index (κ3) is 3.53. The Morgan fingerprint density at radius 1 is 1.22 bits per heavy atom. The lowest BCUT2D eigenvalue weighted by Gasteiger charge is -2.35. The van der Waals surface area contributed by atoms with E-state index in [1.165, 1.54) is 24.8 Å². The Hall–Kier alpha value is -0.930. The molecule has 1 heterocycles. The third-order valence-corrected chi connectivity index (χ3v) is 3.68. The third-order valence-electron chi connectivity index (χ3n) is 3.68. The Labute approximate surface area is 109 Å². The molecule has 0 bridgehead atoms. The summed E-state index contributed by atoms with van der Waals surface area (Å²) in [6.07, 6.45) is 3.61. The van der Waals surface area contributed by atoms with Crippen molar-refractivity contribution in [1.82, 2.24) is 10.2 Å². The molecule has 0 radical (unpaired) electrons. The van der Waals surface area contributed by atoms with Gasteiger partial charge in [0.2, 0.25) is 0 Å². The van der Waals surface area contributed by atoms with E-state index >= 15 is 0 Å². The maximum Gasteiger partial charge on any atom is 0.123 e. The van der Waals surface area contributed by atoms with Crippen LogP contribution in [0, 0.1) is 5.82 Å². The molecule has 1 N–H and O–H groups in total. The van der Waals surface area contributed by atoms with E-state index in [9.17, 15) is 4.39 Å². The average molecular weight is 250 g/mol. The van der Waals surface area contributed by atoms with Crippen LogP contribution < -0.4 is 5.32 Å². The molecular weight excluding hydrogens is 227 g/mol. The molecule has 0 aliphatic carbocycles. The van der Waals surface area contributed by atoms with Crippen molar-refractivity contribution in [2.45, 2.75) is 32.2 Å². The molecule has 1 aromatic rings. The Morgan fingerprint density at radius 2 is 1.89 bits per heavy atom. The van der Waals surface area contributed by atoms with Crippen LogP contribution in [-0.4, -0.2) is 31.1 Å². The summed E-state index contributed by atoms with van der Waals surface area (Å²) in [5, 5.41) is 3.38. The molecule has 1 aliphatic rings. The van der Waals surface area contributed by atoms with E-state index < -0.39 is 0 Å². The minimum atomic E-state index is -0.145. The Kier molecular flexibility index (Phi) is 5.14. The van der Waals surface area contributed by atoms with Crippen LogP contribution in [0.2, 0.25) is 0 Å². The van der Waals surface area contributed by atoms with Gasteiger partial charge in [-0.05, 0) is 24.1 Å². The van der Waals surface area contributed by atoms with Crippen molar-refractivity contribution < 1.29 is 4.39 Å². The van der Waals surface area contributed by atoms with Crippen molar-refractivity contribution >= 4 is 0 Å². The van der Waals surface area contributed by atoms with Gasteiger partial charge < -0.3 is 5.32 Å². The first-order valence-electron chi connectivity index (χ1n) is 7.01. The Bertz CT molecular complexity index is 344. The van der Waals surface area contributed by atoms with Crippen LogP contribution in [0.4, 0.5) is 4.39 Å². The van der Waals surface area contributed by atoms with Crippen LogP contribution in [0.1, 0.15) is 37.8 Å². The summed E-state index contributed by atoms with van der Waals surface area (Å²) < 4.78 is 13.0. The molecule has 1 fully saturated rings. The maximum absolute atomic E-state index is 13.0. The first-order chi connectivity index (χ1) is 8.81. The van der Waals surface area contributed by atoms with Crippen molar-refractivity contribution in [2.24, 2.45) is 0 Å². The molecule has 1 aliphatic heterocycles. The van der Waals surface area contributed by atoms with Crippen molar-refractivity contribution in [1.29, 1.82) is 0 Å². The maximum atomic E-state index is 13.0. The van der Waals surface area contributed by atoms with Gasteiger partial charge in [-0.1, -0.05) is 31.9 Å². The number of piperazine rings is 1. The van der Waals surface area contributed by atoms with Gasteiger partial charge in [0.15, 0.2) is 0 Å². The van der Waals surface area contributed by atoms with E-state index in [-0.39, 0.29) is 5.82 Å². The van der Waals surface area contributed by atoms with Crippen LogP contribution in [0.25, 0.3) is 0 Å². The highest BCUT2D eigenvalue weighted by Crippen LogP contribution is 2.26. The highest BCUT2D eigenvalue weighted by atomic mass is 19.1. The molecule has 0 unspecified atom stereocenters. The summed E-state index contributed by atoms with van der Waals surface area (Å²) in [5.41, 5.74) is 1.26. The van der Waals surface area contributed by atoms with E-state index in [4.69, 9.17) is 0 Å². The SMILES string of the molecule is CCCC[C@H](c1ccc(F)cc1)N1CCNCC1. The predicted molar refractivity (Wildman–Crippen MR) is 73.1 cm³/mol. The van der Waals surface area contributed by atoms with E-state index in [1.54, 1.807) is 12.1 Å². The fourth-order valence-corrected chi connectivity index (χ4v) is 2.64. The molecule has 0 spiro atoms. The van der Waals surface area contributed by atoms with Gasteiger partial charge >= 0.3 is 0 Å². The van der Waals surface area contributed by atoms with Gasteiger partial charge in [0.25, 0.3) is 0 Å². The molecule has 18 heavy (non-hydrogen) atoms. The zero-order chi connectivity index (χ0) is 12.8. The van der Waals surface area contributed by atoms with Crippen LogP contribution >= 0.6 is 0 Å². The number of nitrogens with one attached hydrogen (secondary N) is 1. The van der Waals surface area contributed by atoms with Gasteiger partial charge in [-0.15, -0.1) is 0 Å². The molecular formula is C15H23FN2. The summed E-state index contributed by atoms with van der Waals surface area (Å²) in [5.74, 6) is -0.145. The number of hydrogen-bond donors (Lipinski definition) is 1. The molecule has 2 nitrogen and oxygen atoms in total. The highest BCUT2D eigenvalue weighted by molar-refractivity contribution is 5.20. The van der Waals surface area contributed by atoms with Gasteiger partial charge in [-0.3, -0.25) is 4.90 Å². The lowest BCUT2D eigenvalue weighted by molar-refractivity contribution is 0.163. The number of benzene rings is 1. The lowest BCUT2D eigenvalue weighted by Crippen LogP contribution is -2.45. The average Bonchev–Trinajstić information content (AvgIpc) is 2.42. The molecule has 0 aromatic heterocycles. The molecule has 2 rings (SSSR count). The molecule has 0 amide bonds. The second-order valence-corrected chi connectivity index (χ2v) is 5.00. The lowest BCUT2D eigenvalue weighted by atomic mass is 9.99. The number of nitrogens with zero attached hydrogens (tertiary/aromatic N) is 1.